The number of hydrogen-bond acceptors (Lipinski definition) is 1. The molecule has 10 heavy (non-hydrogen) atoms. The van der Waals surface area contributed by atoms with Crippen LogP contribution in [0.4, 0.5) is 0 Å². The lowest BCUT2D eigenvalue weighted by molar-refractivity contribution is 1.39. The van der Waals surface area contributed by atoms with Gasteiger partial charge in [-0.05, 0) is 40.4 Å². The van der Waals surface area contributed by atoms with E-state index in [1.165, 1.54) is 4.90 Å². The van der Waals surface area contributed by atoms with Crippen molar-refractivity contribution < 1.29 is 0 Å². The van der Waals surface area contributed by atoms with Crippen LogP contribution < -0.4 is 0 Å². The minimum Gasteiger partial charge on any atom is -0.128 e. The third-order valence-electron chi connectivity index (χ3n) is 1.11. The molecular weight excluding hydrogens is 276 g/mol. The molecule has 0 aromatic heterocycles. The van der Waals surface area contributed by atoms with E-state index < -0.39 is 0 Å². The molecule has 54 valence electrons. The van der Waals surface area contributed by atoms with Gasteiger partial charge in [-0.3, -0.25) is 0 Å². The van der Waals surface area contributed by atoms with Crippen molar-refractivity contribution in [2.24, 2.45) is 0 Å². The Kier molecular flexibility index (Phi) is 3.27. The van der Waals surface area contributed by atoms with Crippen molar-refractivity contribution in [3.8, 4) is 0 Å². The Morgan fingerprint density at radius 1 is 1.30 bits per heavy atom. The van der Waals surface area contributed by atoms with E-state index in [9.17, 15) is 0 Å². The van der Waals surface area contributed by atoms with Gasteiger partial charge in [0.25, 0.3) is 0 Å². The molecule has 0 spiro atoms. The zero-order chi connectivity index (χ0) is 7.56. The molecule has 0 bridgehead atoms. The van der Waals surface area contributed by atoms with Crippen molar-refractivity contribution in [1.82, 2.24) is 0 Å². The van der Waals surface area contributed by atoms with E-state index in [1.54, 1.807) is 11.8 Å². The van der Waals surface area contributed by atoms with E-state index in [0.717, 1.165) is 8.95 Å². The molecule has 0 saturated heterocycles. The van der Waals surface area contributed by atoms with Gasteiger partial charge in [0, 0.05) is 13.8 Å². The van der Waals surface area contributed by atoms with E-state index in [2.05, 4.69) is 44.2 Å². The molecule has 0 amide bonds. The first-order valence-electron chi connectivity index (χ1n) is 2.73. The quantitative estimate of drug-likeness (QED) is 0.703. The third kappa shape index (κ3) is 2.01. The van der Waals surface area contributed by atoms with Crippen molar-refractivity contribution in [3.05, 3.63) is 27.1 Å². The van der Waals surface area contributed by atoms with Crippen LogP contribution >= 0.6 is 43.6 Å². The molecule has 0 N–H and O–H groups in total. The molecule has 0 nitrogen and oxygen atoms in total. The van der Waals surface area contributed by atoms with Crippen molar-refractivity contribution in [3.63, 3.8) is 0 Å². The Morgan fingerprint density at radius 3 is 2.50 bits per heavy atom. The summed E-state index contributed by atoms with van der Waals surface area (Å²) in [6.45, 7) is 0. The fraction of sp³-hybridized carbons (Fsp3) is 0.143. The maximum atomic E-state index is 3.46. The molecular formula is C7H6Br2S. The molecule has 0 aliphatic carbocycles. The number of halogens is 2. The largest absolute Gasteiger partial charge is 0.128 e. The minimum absolute atomic E-state index is 1.11. The van der Waals surface area contributed by atoms with Gasteiger partial charge in [-0.15, -0.1) is 11.8 Å². The van der Waals surface area contributed by atoms with Crippen molar-refractivity contribution in [2.75, 3.05) is 6.26 Å². The first kappa shape index (κ1) is 8.62. The fourth-order valence-electron chi connectivity index (χ4n) is 0.641. The summed E-state index contributed by atoms with van der Waals surface area (Å²) in [7, 11) is 0. The van der Waals surface area contributed by atoms with Gasteiger partial charge in [-0.25, -0.2) is 0 Å². The highest BCUT2D eigenvalue weighted by Gasteiger charge is 1.96. The zero-order valence-electron chi connectivity index (χ0n) is 5.40. The van der Waals surface area contributed by atoms with E-state index in [0.29, 0.717) is 0 Å². The predicted molar refractivity (Wildman–Crippen MR) is 53.6 cm³/mol. The highest BCUT2D eigenvalue weighted by Crippen LogP contribution is 2.28. The number of rotatable bonds is 1. The summed E-state index contributed by atoms with van der Waals surface area (Å²) < 4.78 is 2.26. The van der Waals surface area contributed by atoms with Crippen LogP contribution in [0.1, 0.15) is 0 Å². The van der Waals surface area contributed by atoms with Crippen molar-refractivity contribution in [1.29, 1.82) is 0 Å². The van der Waals surface area contributed by atoms with E-state index in [4.69, 9.17) is 0 Å². The zero-order valence-corrected chi connectivity index (χ0v) is 9.38. The molecule has 0 heterocycles. The molecule has 1 aromatic rings. The Hall–Kier alpha value is 0.530. The van der Waals surface area contributed by atoms with Crippen LogP contribution in [0.25, 0.3) is 0 Å². The third-order valence-corrected chi connectivity index (χ3v) is 3.32. The smallest absolute Gasteiger partial charge is 0.0322 e. The lowest BCUT2D eigenvalue weighted by Crippen LogP contribution is -1.72. The van der Waals surface area contributed by atoms with E-state index in [-0.39, 0.29) is 0 Å². The lowest BCUT2D eigenvalue weighted by Gasteiger charge is -1.98. The van der Waals surface area contributed by atoms with E-state index in [1.807, 2.05) is 12.1 Å². The highest BCUT2D eigenvalue weighted by atomic mass is 79.9. The maximum absolute atomic E-state index is 3.46. The van der Waals surface area contributed by atoms with Crippen LogP contribution in [-0.4, -0.2) is 6.26 Å². The number of benzene rings is 1. The predicted octanol–water partition coefficient (Wildman–Crippen LogP) is 3.93. The summed E-state index contributed by atoms with van der Waals surface area (Å²) in [5, 5.41) is 0. The SMILES string of the molecule is CSc1ccc(Br)cc1Br. The van der Waals surface area contributed by atoms with Gasteiger partial charge in [-0.2, -0.15) is 0 Å². The maximum Gasteiger partial charge on any atom is 0.0322 e. The van der Waals surface area contributed by atoms with Gasteiger partial charge in [0.05, 0.1) is 0 Å². The van der Waals surface area contributed by atoms with Gasteiger partial charge < -0.3 is 0 Å². The van der Waals surface area contributed by atoms with Gasteiger partial charge in [0.15, 0.2) is 0 Å². The molecule has 0 saturated carbocycles. The molecule has 0 unspecified atom stereocenters. The van der Waals surface area contributed by atoms with Gasteiger partial charge in [0.2, 0.25) is 0 Å². The molecule has 0 fully saturated rings. The monoisotopic (exact) mass is 280 g/mol. The van der Waals surface area contributed by atoms with Crippen LogP contribution in [-0.2, 0) is 0 Å². The Balaban J connectivity index is 3.07. The van der Waals surface area contributed by atoms with Gasteiger partial charge in [-0.1, -0.05) is 15.9 Å². The molecule has 1 rings (SSSR count). The van der Waals surface area contributed by atoms with Crippen LogP contribution in [0.5, 0.6) is 0 Å². The second-order valence-corrected chi connectivity index (χ2v) is 4.40. The average molecular weight is 282 g/mol. The van der Waals surface area contributed by atoms with Gasteiger partial charge in [0.1, 0.15) is 0 Å². The normalized spacial score (nSPS) is 9.90. The molecule has 0 aliphatic heterocycles. The molecule has 0 aliphatic rings. The molecule has 0 atom stereocenters. The molecule has 0 radical (unpaired) electrons. The first-order chi connectivity index (χ1) is 4.74. The second kappa shape index (κ2) is 3.79. The number of hydrogen-bond donors (Lipinski definition) is 0. The van der Waals surface area contributed by atoms with Crippen LogP contribution in [0.15, 0.2) is 32.0 Å². The molecule has 1 aromatic carbocycles. The summed E-state index contributed by atoms with van der Waals surface area (Å²) in [5.41, 5.74) is 0. The second-order valence-electron chi connectivity index (χ2n) is 1.78. The first-order valence-corrected chi connectivity index (χ1v) is 5.54. The lowest BCUT2D eigenvalue weighted by atomic mass is 10.4. The standard InChI is InChI=1S/C7H6Br2S/c1-10-7-3-2-5(8)4-6(7)9/h2-4H,1H3. The summed E-state index contributed by atoms with van der Waals surface area (Å²) in [4.78, 5) is 1.27. The summed E-state index contributed by atoms with van der Waals surface area (Å²) >= 11 is 8.58. The summed E-state index contributed by atoms with van der Waals surface area (Å²) in [6, 6.07) is 6.17. The summed E-state index contributed by atoms with van der Waals surface area (Å²) in [5.74, 6) is 0. The Morgan fingerprint density at radius 2 is 2.00 bits per heavy atom. The van der Waals surface area contributed by atoms with Crippen LogP contribution in [0.2, 0.25) is 0 Å². The fourth-order valence-corrected chi connectivity index (χ4v) is 2.63. The molecule has 3 heteroatoms. The Labute approximate surface area is 81.7 Å². The number of thioether (sulfide) groups is 1. The van der Waals surface area contributed by atoms with Crippen molar-refractivity contribution >= 4 is 43.6 Å². The minimum atomic E-state index is 1.11. The van der Waals surface area contributed by atoms with E-state index >= 15 is 0 Å². The van der Waals surface area contributed by atoms with Crippen LogP contribution in [0, 0.1) is 0 Å². The average Bonchev–Trinajstić information content (AvgIpc) is 1.88. The Bertz CT molecular complexity index is 235. The van der Waals surface area contributed by atoms with Crippen LogP contribution in [0.3, 0.4) is 0 Å². The highest BCUT2D eigenvalue weighted by molar-refractivity contribution is 9.11. The van der Waals surface area contributed by atoms with Gasteiger partial charge >= 0.3 is 0 Å². The summed E-state index contributed by atoms with van der Waals surface area (Å²) in [6.07, 6.45) is 2.06. The van der Waals surface area contributed by atoms with Crippen molar-refractivity contribution in [2.45, 2.75) is 4.90 Å². The topological polar surface area (TPSA) is 0 Å².